The Morgan fingerprint density at radius 3 is 2.71 bits per heavy atom. The molecule has 2 aliphatic rings. The summed E-state index contributed by atoms with van der Waals surface area (Å²) in [5.41, 5.74) is 7.92. The van der Waals surface area contributed by atoms with Gasteiger partial charge >= 0.3 is 0 Å². The quantitative estimate of drug-likeness (QED) is 0.750. The van der Waals surface area contributed by atoms with Gasteiger partial charge in [0, 0.05) is 36.5 Å². The third-order valence-corrected chi connectivity index (χ3v) is 4.16. The van der Waals surface area contributed by atoms with E-state index >= 15 is 0 Å². The zero-order valence-corrected chi connectivity index (χ0v) is 10.5. The van der Waals surface area contributed by atoms with Gasteiger partial charge in [-0.2, -0.15) is 0 Å². The fourth-order valence-electron chi connectivity index (χ4n) is 3.21. The lowest BCUT2D eigenvalue weighted by Gasteiger charge is -2.43. The van der Waals surface area contributed by atoms with Crippen molar-refractivity contribution in [1.29, 1.82) is 0 Å². The van der Waals surface area contributed by atoms with E-state index in [0.29, 0.717) is 6.04 Å². The Morgan fingerprint density at radius 1 is 1.18 bits per heavy atom. The highest BCUT2D eigenvalue weighted by molar-refractivity contribution is 5.54. The Morgan fingerprint density at radius 2 is 1.94 bits per heavy atom. The van der Waals surface area contributed by atoms with Crippen LogP contribution in [-0.4, -0.2) is 36.6 Å². The second-order valence-electron chi connectivity index (χ2n) is 5.38. The molecule has 1 aromatic rings. The van der Waals surface area contributed by atoms with Crippen LogP contribution in [0.2, 0.25) is 0 Å². The molecule has 3 nitrogen and oxygen atoms in total. The van der Waals surface area contributed by atoms with Crippen molar-refractivity contribution in [3.05, 3.63) is 24.3 Å². The summed E-state index contributed by atoms with van der Waals surface area (Å²) < 4.78 is 0. The molecule has 92 valence electrons. The van der Waals surface area contributed by atoms with E-state index in [2.05, 4.69) is 28.9 Å². The van der Waals surface area contributed by atoms with Crippen molar-refractivity contribution in [1.82, 2.24) is 4.90 Å². The lowest BCUT2D eigenvalue weighted by atomic mass is 10.1. The second-order valence-corrected chi connectivity index (χ2v) is 5.38. The van der Waals surface area contributed by atoms with Crippen molar-refractivity contribution in [2.24, 2.45) is 0 Å². The molecule has 2 aliphatic heterocycles. The van der Waals surface area contributed by atoms with Gasteiger partial charge in [0.05, 0.1) is 0 Å². The molecule has 2 saturated heterocycles. The summed E-state index contributed by atoms with van der Waals surface area (Å²) in [6.07, 6.45) is 2.73. The molecule has 2 unspecified atom stereocenters. The number of nitrogens with two attached hydrogens (primary N) is 1. The average Bonchev–Trinajstić information content (AvgIpc) is 2.76. The maximum Gasteiger partial charge on any atom is 0.0389 e. The Labute approximate surface area is 103 Å². The number of anilines is 2. The summed E-state index contributed by atoms with van der Waals surface area (Å²) in [5, 5.41) is 0. The summed E-state index contributed by atoms with van der Waals surface area (Å²) in [4.78, 5) is 5.18. The van der Waals surface area contributed by atoms with E-state index in [9.17, 15) is 0 Å². The van der Waals surface area contributed by atoms with Crippen molar-refractivity contribution in [3.8, 4) is 0 Å². The number of benzene rings is 1. The van der Waals surface area contributed by atoms with Gasteiger partial charge in [-0.1, -0.05) is 0 Å². The molecule has 0 spiro atoms. The summed E-state index contributed by atoms with van der Waals surface area (Å²) >= 11 is 0. The number of fused-ring (bicyclic) bond motifs is 1. The number of rotatable bonds is 1. The van der Waals surface area contributed by atoms with Gasteiger partial charge in [0.1, 0.15) is 0 Å². The fourth-order valence-corrected chi connectivity index (χ4v) is 3.21. The molecule has 17 heavy (non-hydrogen) atoms. The third kappa shape index (κ3) is 2.00. The molecule has 0 radical (unpaired) electrons. The van der Waals surface area contributed by atoms with Crippen LogP contribution < -0.4 is 10.6 Å². The Balaban J connectivity index is 1.80. The molecule has 0 saturated carbocycles. The number of piperazine rings is 1. The van der Waals surface area contributed by atoms with Crippen molar-refractivity contribution in [2.75, 3.05) is 30.3 Å². The molecule has 3 rings (SSSR count). The van der Waals surface area contributed by atoms with E-state index < -0.39 is 0 Å². The molecule has 2 atom stereocenters. The molecule has 2 N–H and O–H groups in total. The van der Waals surface area contributed by atoms with Crippen molar-refractivity contribution >= 4 is 11.4 Å². The number of nitrogen functional groups attached to an aromatic ring is 1. The first-order chi connectivity index (χ1) is 8.24. The first-order valence-electron chi connectivity index (χ1n) is 6.60. The van der Waals surface area contributed by atoms with Crippen LogP contribution in [0.25, 0.3) is 0 Å². The molecule has 0 amide bonds. The van der Waals surface area contributed by atoms with Crippen LogP contribution in [0.4, 0.5) is 11.4 Å². The van der Waals surface area contributed by atoms with Crippen LogP contribution >= 0.6 is 0 Å². The lowest BCUT2D eigenvalue weighted by Crippen LogP contribution is -2.55. The molecule has 2 heterocycles. The van der Waals surface area contributed by atoms with E-state index in [1.165, 1.54) is 38.2 Å². The Hall–Kier alpha value is -1.22. The molecule has 1 aromatic carbocycles. The predicted molar refractivity (Wildman–Crippen MR) is 72.3 cm³/mol. The first-order valence-corrected chi connectivity index (χ1v) is 6.60. The van der Waals surface area contributed by atoms with Gasteiger partial charge in [-0.15, -0.1) is 0 Å². The largest absolute Gasteiger partial charge is 0.399 e. The van der Waals surface area contributed by atoms with Crippen LogP contribution in [-0.2, 0) is 0 Å². The van der Waals surface area contributed by atoms with E-state index in [0.717, 1.165) is 11.7 Å². The van der Waals surface area contributed by atoms with E-state index in [-0.39, 0.29) is 0 Å². The van der Waals surface area contributed by atoms with E-state index in [1.807, 2.05) is 12.1 Å². The third-order valence-electron chi connectivity index (χ3n) is 4.16. The van der Waals surface area contributed by atoms with Gasteiger partial charge in [-0.05, 0) is 50.6 Å². The molecule has 0 bridgehead atoms. The van der Waals surface area contributed by atoms with Gasteiger partial charge in [-0.3, -0.25) is 4.90 Å². The van der Waals surface area contributed by atoms with E-state index in [4.69, 9.17) is 5.73 Å². The standard InChI is InChI=1S/C14H21N3/c1-11-9-16-8-2-3-14(16)10-17(11)13-6-4-12(15)5-7-13/h4-7,11,14H,2-3,8-10,15H2,1H3. The van der Waals surface area contributed by atoms with Crippen molar-refractivity contribution < 1.29 is 0 Å². The van der Waals surface area contributed by atoms with E-state index in [1.54, 1.807) is 0 Å². The molecular formula is C14H21N3. The molecule has 2 fully saturated rings. The topological polar surface area (TPSA) is 32.5 Å². The Bertz CT molecular complexity index is 387. The maximum absolute atomic E-state index is 5.75. The van der Waals surface area contributed by atoms with Gasteiger partial charge < -0.3 is 10.6 Å². The minimum absolute atomic E-state index is 0.605. The van der Waals surface area contributed by atoms with Crippen molar-refractivity contribution in [2.45, 2.75) is 31.8 Å². The molecular weight excluding hydrogens is 210 g/mol. The highest BCUT2D eigenvalue weighted by atomic mass is 15.3. The highest BCUT2D eigenvalue weighted by Gasteiger charge is 2.34. The maximum atomic E-state index is 5.75. The second kappa shape index (κ2) is 4.22. The van der Waals surface area contributed by atoms with Crippen LogP contribution in [0.5, 0.6) is 0 Å². The van der Waals surface area contributed by atoms with Gasteiger partial charge in [0.2, 0.25) is 0 Å². The monoisotopic (exact) mass is 231 g/mol. The van der Waals surface area contributed by atoms with Crippen molar-refractivity contribution in [3.63, 3.8) is 0 Å². The normalized spacial score (nSPS) is 29.4. The van der Waals surface area contributed by atoms with Gasteiger partial charge in [0.25, 0.3) is 0 Å². The van der Waals surface area contributed by atoms with Crippen LogP contribution in [0.3, 0.4) is 0 Å². The van der Waals surface area contributed by atoms with Crippen LogP contribution in [0.1, 0.15) is 19.8 Å². The summed E-state index contributed by atoms with van der Waals surface area (Å²) in [6, 6.07) is 9.68. The minimum atomic E-state index is 0.605. The first kappa shape index (κ1) is 10.9. The SMILES string of the molecule is CC1CN2CCCC2CN1c1ccc(N)cc1. The number of hydrogen-bond donors (Lipinski definition) is 1. The molecule has 0 aromatic heterocycles. The average molecular weight is 231 g/mol. The minimum Gasteiger partial charge on any atom is -0.399 e. The summed E-state index contributed by atoms with van der Waals surface area (Å²) in [6.45, 7) is 6.00. The summed E-state index contributed by atoms with van der Waals surface area (Å²) in [5.74, 6) is 0. The van der Waals surface area contributed by atoms with Crippen LogP contribution in [0.15, 0.2) is 24.3 Å². The van der Waals surface area contributed by atoms with Crippen LogP contribution in [0, 0.1) is 0 Å². The zero-order chi connectivity index (χ0) is 11.8. The lowest BCUT2D eigenvalue weighted by molar-refractivity contribution is 0.203. The zero-order valence-electron chi connectivity index (χ0n) is 10.5. The molecule has 0 aliphatic carbocycles. The fraction of sp³-hybridized carbons (Fsp3) is 0.571. The summed E-state index contributed by atoms with van der Waals surface area (Å²) in [7, 11) is 0. The van der Waals surface area contributed by atoms with Gasteiger partial charge in [0.15, 0.2) is 0 Å². The number of nitrogens with zero attached hydrogens (tertiary/aromatic N) is 2. The van der Waals surface area contributed by atoms with Gasteiger partial charge in [-0.25, -0.2) is 0 Å². The smallest absolute Gasteiger partial charge is 0.0389 e. The Kier molecular flexibility index (Phi) is 2.71. The molecule has 3 heteroatoms. The predicted octanol–water partition coefficient (Wildman–Crippen LogP) is 1.94. The highest BCUT2D eigenvalue weighted by Crippen LogP contribution is 2.28. The number of hydrogen-bond acceptors (Lipinski definition) is 3.